The Morgan fingerprint density at radius 3 is 2.70 bits per heavy atom. The molecule has 1 unspecified atom stereocenters. The molecule has 0 aliphatic heterocycles. The highest BCUT2D eigenvalue weighted by Crippen LogP contribution is 2.28. The van der Waals surface area contributed by atoms with Gasteiger partial charge in [-0.25, -0.2) is 4.39 Å². The maximum atomic E-state index is 13.7. The van der Waals surface area contributed by atoms with Gasteiger partial charge in [0.1, 0.15) is 18.2 Å². The second-order valence-electron chi connectivity index (χ2n) is 4.49. The first-order chi connectivity index (χ1) is 9.61. The van der Waals surface area contributed by atoms with Crippen molar-refractivity contribution in [3.8, 4) is 5.75 Å². The molecule has 2 rings (SSSR count). The third kappa shape index (κ3) is 3.50. The molecule has 0 amide bonds. The van der Waals surface area contributed by atoms with Crippen molar-refractivity contribution in [2.24, 2.45) is 0 Å². The third-order valence-electron chi connectivity index (χ3n) is 3.06. The SMILES string of the molecule is CCC(O)c1ccccc1OCc1ccc(Cl)cc1F. The van der Waals surface area contributed by atoms with E-state index in [1.807, 2.05) is 25.1 Å². The van der Waals surface area contributed by atoms with E-state index in [0.717, 1.165) is 0 Å². The van der Waals surface area contributed by atoms with Crippen LogP contribution in [0.1, 0.15) is 30.6 Å². The topological polar surface area (TPSA) is 29.5 Å². The highest BCUT2D eigenvalue weighted by atomic mass is 35.5. The normalized spacial score (nSPS) is 12.2. The fourth-order valence-corrected chi connectivity index (χ4v) is 2.06. The van der Waals surface area contributed by atoms with Crippen LogP contribution in [0, 0.1) is 5.82 Å². The van der Waals surface area contributed by atoms with Gasteiger partial charge in [0.2, 0.25) is 0 Å². The molecule has 0 saturated carbocycles. The van der Waals surface area contributed by atoms with Gasteiger partial charge in [0, 0.05) is 16.1 Å². The lowest BCUT2D eigenvalue weighted by Crippen LogP contribution is -2.03. The number of halogens is 2. The number of aliphatic hydroxyl groups excluding tert-OH is 1. The minimum Gasteiger partial charge on any atom is -0.488 e. The summed E-state index contributed by atoms with van der Waals surface area (Å²) in [6, 6.07) is 11.7. The molecular weight excluding hydrogens is 279 g/mol. The number of ether oxygens (including phenoxy) is 1. The Morgan fingerprint density at radius 1 is 1.25 bits per heavy atom. The minimum atomic E-state index is -0.582. The maximum Gasteiger partial charge on any atom is 0.131 e. The quantitative estimate of drug-likeness (QED) is 0.879. The largest absolute Gasteiger partial charge is 0.488 e. The molecule has 2 aromatic rings. The molecule has 1 atom stereocenters. The number of aliphatic hydroxyl groups is 1. The zero-order valence-corrected chi connectivity index (χ0v) is 11.9. The van der Waals surface area contributed by atoms with Crippen LogP contribution in [0.25, 0.3) is 0 Å². The summed E-state index contributed by atoms with van der Waals surface area (Å²) in [6.07, 6.45) is 0.0108. The lowest BCUT2D eigenvalue weighted by atomic mass is 10.1. The Bertz CT molecular complexity index is 586. The average molecular weight is 295 g/mol. The summed E-state index contributed by atoms with van der Waals surface area (Å²) in [5.74, 6) is 0.169. The third-order valence-corrected chi connectivity index (χ3v) is 3.30. The molecule has 4 heteroatoms. The smallest absolute Gasteiger partial charge is 0.131 e. The number of hydrogen-bond donors (Lipinski definition) is 1. The molecule has 0 aliphatic carbocycles. The first-order valence-electron chi connectivity index (χ1n) is 6.45. The van der Waals surface area contributed by atoms with Crippen molar-refractivity contribution in [1.29, 1.82) is 0 Å². The van der Waals surface area contributed by atoms with Crippen molar-refractivity contribution in [2.45, 2.75) is 26.1 Å². The van der Waals surface area contributed by atoms with Gasteiger partial charge in [-0.2, -0.15) is 0 Å². The average Bonchev–Trinajstić information content (AvgIpc) is 2.46. The molecule has 1 N–H and O–H groups in total. The Labute approximate surface area is 122 Å². The van der Waals surface area contributed by atoms with E-state index in [-0.39, 0.29) is 6.61 Å². The molecule has 0 bridgehead atoms. The lowest BCUT2D eigenvalue weighted by Gasteiger charge is -2.15. The summed E-state index contributed by atoms with van der Waals surface area (Å²) in [6.45, 7) is 1.98. The Hall–Kier alpha value is -1.58. The van der Waals surface area contributed by atoms with Crippen molar-refractivity contribution in [3.63, 3.8) is 0 Å². The fraction of sp³-hybridized carbons (Fsp3) is 0.250. The van der Waals surface area contributed by atoms with E-state index in [1.165, 1.54) is 6.07 Å². The van der Waals surface area contributed by atoms with Gasteiger partial charge in [-0.15, -0.1) is 0 Å². The van der Waals surface area contributed by atoms with Crippen molar-refractivity contribution in [1.82, 2.24) is 0 Å². The molecule has 2 nitrogen and oxygen atoms in total. The Kier molecular flexibility index (Phi) is 4.99. The fourth-order valence-electron chi connectivity index (χ4n) is 1.90. The first-order valence-corrected chi connectivity index (χ1v) is 6.83. The Balaban J connectivity index is 2.15. The number of para-hydroxylation sites is 1. The monoisotopic (exact) mass is 294 g/mol. The molecular formula is C16H16ClFO2. The van der Waals surface area contributed by atoms with Gasteiger partial charge in [0.25, 0.3) is 0 Å². The van der Waals surface area contributed by atoms with Crippen LogP contribution < -0.4 is 4.74 Å². The van der Waals surface area contributed by atoms with E-state index < -0.39 is 11.9 Å². The van der Waals surface area contributed by atoms with Gasteiger partial charge in [0.05, 0.1) is 6.10 Å². The molecule has 0 aliphatic rings. The summed E-state index contributed by atoms with van der Waals surface area (Å²) in [5, 5.41) is 10.3. The van der Waals surface area contributed by atoms with Crippen LogP contribution in [0.3, 0.4) is 0 Å². The molecule has 0 fully saturated rings. The Morgan fingerprint density at radius 2 is 2.00 bits per heavy atom. The van der Waals surface area contributed by atoms with Crippen LogP contribution in [0.4, 0.5) is 4.39 Å². The van der Waals surface area contributed by atoms with Crippen LogP contribution in [0.2, 0.25) is 5.02 Å². The molecule has 0 spiro atoms. The van der Waals surface area contributed by atoms with Crippen LogP contribution in [-0.4, -0.2) is 5.11 Å². The summed E-state index contributed by atoms with van der Waals surface area (Å²) in [4.78, 5) is 0. The van der Waals surface area contributed by atoms with Gasteiger partial charge in [0.15, 0.2) is 0 Å². The number of rotatable bonds is 5. The molecule has 106 valence electrons. The predicted octanol–water partition coefficient (Wildman–Crippen LogP) is 4.50. The van der Waals surface area contributed by atoms with E-state index in [0.29, 0.717) is 28.3 Å². The van der Waals surface area contributed by atoms with Gasteiger partial charge >= 0.3 is 0 Å². The summed E-state index contributed by atoms with van der Waals surface area (Å²) in [5.41, 5.74) is 1.14. The van der Waals surface area contributed by atoms with Crippen LogP contribution in [0.5, 0.6) is 5.75 Å². The maximum absolute atomic E-state index is 13.7. The van der Waals surface area contributed by atoms with E-state index in [2.05, 4.69) is 0 Å². The zero-order chi connectivity index (χ0) is 14.5. The highest BCUT2D eigenvalue weighted by Gasteiger charge is 2.12. The van der Waals surface area contributed by atoms with Gasteiger partial charge in [-0.3, -0.25) is 0 Å². The minimum absolute atomic E-state index is 0.0937. The molecule has 0 radical (unpaired) electrons. The van der Waals surface area contributed by atoms with Crippen LogP contribution in [-0.2, 0) is 6.61 Å². The van der Waals surface area contributed by atoms with E-state index in [4.69, 9.17) is 16.3 Å². The van der Waals surface area contributed by atoms with Crippen molar-refractivity contribution in [3.05, 3.63) is 64.4 Å². The van der Waals surface area contributed by atoms with Gasteiger partial charge in [-0.1, -0.05) is 42.8 Å². The van der Waals surface area contributed by atoms with E-state index >= 15 is 0 Å². The van der Waals surface area contributed by atoms with E-state index in [1.54, 1.807) is 18.2 Å². The number of benzene rings is 2. The molecule has 2 aromatic carbocycles. The second-order valence-corrected chi connectivity index (χ2v) is 4.92. The highest BCUT2D eigenvalue weighted by molar-refractivity contribution is 6.30. The zero-order valence-electron chi connectivity index (χ0n) is 11.1. The summed E-state index contributed by atoms with van der Waals surface area (Å²) in [7, 11) is 0. The van der Waals surface area contributed by atoms with Crippen molar-refractivity contribution >= 4 is 11.6 Å². The molecule has 0 aromatic heterocycles. The molecule has 0 saturated heterocycles. The standard InChI is InChI=1S/C16H16ClFO2/c1-2-15(19)13-5-3-4-6-16(13)20-10-11-7-8-12(17)9-14(11)18/h3-9,15,19H,2,10H2,1H3. The number of hydrogen-bond acceptors (Lipinski definition) is 2. The summed E-state index contributed by atoms with van der Waals surface area (Å²) < 4.78 is 19.3. The van der Waals surface area contributed by atoms with Crippen LogP contribution in [0.15, 0.2) is 42.5 Å². The lowest BCUT2D eigenvalue weighted by molar-refractivity contribution is 0.166. The van der Waals surface area contributed by atoms with Gasteiger partial charge < -0.3 is 9.84 Å². The first kappa shape index (κ1) is 14.8. The van der Waals surface area contributed by atoms with E-state index in [9.17, 15) is 9.50 Å². The molecule has 20 heavy (non-hydrogen) atoms. The van der Waals surface area contributed by atoms with Crippen molar-refractivity contribution < 1.29 is 14.2 Å². The van der Waals surface area contributed by atoms with Gasteiger partial charge in [-0.05, 0) is 24.6 Å². The second kappa shape index (κ2) is 6.73. The molecule has 0 heterocycles. The summed E-state index contributed by atoms with van der Waals surface area (Å²) >= 11 is 5.71. The predicted molar refractivity (Wildman–Crippen MR) is 77.4 cm³/mol. The van der Waals surface area contributed by atoms with Crippen LogP contribution >= 0.6 is 11.6 Å². The van der Waals surface area contributed by atoms with Crippen molar-refractivity contribution in [2.75, 3.05) is 0 Å².